The molecule has 4 nitrogen and oxygen atoms in total. The van der Waals surface area contributed by atoms with Gasteiger partial charge >= 0.3 is 0 Å². The number of nitrogens with two attached hydrogens (primary N) is 1. The Morgan fingerprint density at radius 2 is 1.79 bits per heavy atom. The second kappa shape index (κ2) is 7.14. The third-order valence-electron chi connectivity index (χ3n) is 3.21. The average Bonchev–Trinajstić information content (AvgIpc) is 2.35. The van der Waals surface area contributed by atoms with E-state index in [0.717, 1.165) is 18.8 Å². The Bertz CT molecular complexity index is 398. The molecule has 4 heteroatoms. The average molecular weight is 263 g/mol. The van der Waals surface area contributed by atoms with Gasteiger partial charge in [0.1, 0.15) is 0 Å². The molecule has 0 aliphatic rings. The van der Waals surface area contributed by atoms with Gasteiger partial charge in [0.2, 0.25) is 5.91 Å². The van der Waals surface area contributed by atoms with Crippen LogP contribution in [0.1, 0.15) is 25.8 Å². The smallest absolute Gasteiger partial charge is 0.223 e. The lowest BCUT2D eigenvalue weighted by Gasteiger charge is -2.27. The van der Waals surface area contributed by atoms with Crippen LogP contribution >= 0.6 is 0 Å². The van der Waals surface area contributed by atoms with E-state index in [4.69, 9.17) is 5.73 Å². The molecule has 2 N–H and O–H groups in total. The van der Waals surface area contributed by atoms with Gasteiger partial charge < -0.3 is 10.6 Å². The van der Waals surface area contributed by atoms with Crippen molar-refractivity contribution < 1.29 is 4.79 Å². The number of benzene rings is 1. The Hall–Kier alpha value is -1.55. The minimum atomic E-state index is 0.169. The molecule has 0 saturated carbocycles. The Balaban J connectivity index is 2.58. The van der Waals surface area contributed by atoms with E-state index in [-0.39, 0.29) is 5.91 Å². The molecule has 0 aliphatic carbocycles. The Labute approximate surface area is 116 Å². The van der Waals surface area contributed by atoms with Crippen molar-refractivity contribution in [3.63, 3.8) is 0 Å². The van der Waals surface area contributed by atoms with Gasteiger partial charge in [-0.1, -0.05) is 12.1 Å². The first-order chi connectivity index (χ1) is 8.90. The highest BCUT2D eigenvalue weighted by Gasteiger charge is 2.13. The molecule has 0 radical (unpaired) electrons. The monoisotopic (exact) mass is 263 g/mol. The number of carbonyl (C=O) groups is 1. The van der Waals surface area contributed by atoms with E-state index >= 15 is 0 Å². The molecule has 1 aromatic carbocycles. The highest BCUT2D eigenvalue weighted by molar-refractivity contribution is 5.75. The van der Waals surface area contributed by atoms with Gasteiger partial charge in [-0.25, -0.2) is 0 Å². The summed E-state index contributed by atoms with van der Waals surface area (Å²) in [6.45, 7) is 5.92. The van der Waals surface area contributed by atoms with Crippen LogP contribution < -0.4 is 5.73 Å². The zero-order valence-corrected chi connectivity index (χ0v) is 12.4. The second-order valence-electron chi connectivity index (χ2n) is 5.34. The normalized spacial score (nSPS) is 11.1. The predicted molar refractivity (Wildman–Crippen MR) is 79.7 cm³/mol. The van der Waals surface area contributed by atoms with Crippen LogP contribution in [0.2, 0.25) is 0 Å². The number of carbonyl (C=O) groups excluding carboxylic acids is 1. The Morgan fingerprint density at radius 3 is 2.26 bits per heavy atom. The number of hydrogen-bond acceptors (Lipinski definition) is 3. The standard InChI is InChI=1S/C15H25N3O/c1-12(2)18(10-9-15(19)17(3)4)11-13-5-7-14(16)8-6-13/h5-8,12H,9-11,16H2,1-4H3. The first-order valence-corrected chi connectivity index (χ1v) is 6.68. The Kier molecular flexibility index (Phi) is 5.83. The first-order valence-electron chi connectivity index (χ1n) is 6.68. The SMILES string of the molecule is CC(C)N(CCC(=O)N(C)C)Cc1ccc(N)cc1. The van der Waals surface area contributed by atoms with E-state index in [9.17, 15) is 4.79 Å². The number of nitrogens with zero attached hydrogens (tertiary/aromatic N) is 2. The molecule has 0 atom stereocenters. The van der Waals surface area contributed by atoms with Crippen molar-refractivity contribution in [3.05, 3.63) is 29.8 Å². The highest BCUT2D eigenvalue weighted by Crippen LogP contribution is 2.11. The van der Waals surface area contributed by atoms with Crippen LogP contribution in [0.15, 0.2) is 24.3 Å². The third-order valence-corrected chi connectivity index (χ3v) is 3.21. The molecule has 1 rings (SSSR count). The summed E-state index contributed by atoms with van der Waals surface area (Å²) >= 11 is 0. The van der Waals surface area contributed by atoms with E-state index in [2.05, 4.69) is 18.7 Å². The molecular formula is C15H25N3O. The van der Waals surface area contributed by atoms with Gasteiger partial charge in [0.15, 0.2) is 0 Å². The van der Waals surface area contributed by atoms with Crippen molar-refractivity contribution in [3.8, 4) is 0 Å². The fourth-order valence-corrected chi connectivity index (χ4v) is 1.84. The van der Waals surface area contributed by atoms with Gasteiger partial charge in [-0.05, 0) is 31.5 Å². The molecule has 106 valence electrons. The third kappa shape index (κ3) is 5.30. The predicted octanol–water partition coefficient (Wildman–Crippen LogP) is 1.96. The number of anilines is 1. The van der Waals surface area contributed by atoms with Crippen molar-refractivity contribution in [1.82, 2.24) is 9.80 Å². The van der Waals surface area contributed by atoms with Gasteiger partial charge in [0.25, 0.3) is 0 Å². The molecule has 0 heterocycles. The summed E-state index contributed by atoms with van der Waals surface area (Å²) in [6.07, 6.45) is 0.556. The number of rotatable bonds is 6. The van der Waals surface area contributed by atoms with Crippen LogP contribution in [0.5, 0.6) is 0 Å². The summed E-state index contributed by atoms with van der Waals surface area (Å²) in [4.78, 5) is 15.6. The first kappa shape index (κ1) is 15.5. The quantitative estimate of drug-likeness (QED) is 0.798. The van der Waals surface area contributed by atoms with Crippen molar-refractivity contribution in [1.29, 1.82) is 0 Å². The summed E-state index contributed by atoms with van der Waals surface area (Å²) in [5.41, 5.74) is 7.69. The lowest BCUT2D eigenvalue weighted by atomic mass is 10.1. The number of hydrogen-bond donors (Lipinski definition) is 1. The van der Waals surface area contributed by atoms with Crippen LogP contribution in [0, 0.1) is 0 Å². The van der Waals surface area contributed by atoms with Crippen LogP contribution in [0.25, 0.3) is 0 Å². The van der Waals surface area contributed by atoms with E-state index in [0.29, 0.717) is 12.5 Å². The minimum absolute atomic E-state index is 0.169. The van der Waals surface area contributed by atoms with Gasteiger partial charge in [-0.15, -0.1) is 0 Å². The molecule has 19 heavy (non-hydrogen) atoms. The van der Waals surface area contributed by atoms with Crippen LogP contribution in [0.3, 0.4) is 0 Å². The van der Waals surface area contributed by atoms with E-state index in [1.807, 2.05) is 24.3 Å². The fraction of sp³-hybridized carbons (Fsp3) is 0.533. The van der Waals surface area contributed by atoms with Gasteiger partial charge in [-0.2, -0.15) is 0 Å². The molecule has 0 bridgehead atoms. The summed E-state index contributed by atoms with van der Waals surface area (Å²) in [5, 5.41) is 0. The summed E-state index contributed by atoms with van der Waals surface area (Å²) in [6, 6.07) is 8.32. The van der Waals surface area contributed by atoms with E-state index in [1.54, 1.807) is 19.0 Å². The van der Waals surface area contributed by atoms with Crippen molar-refractivity contribution in [2.24, 2.45) is 0 Å². The van der Waals surface area contributed by atoms with Crippen molar-refractivity contribution in [2.45, 2.75) is 32.9 Å². The molecule has 0 saturated heterocycles. The van der Waals surface area contributed by atoms with Crippen molar-refractivity contribution in [2.75, 3.05) is 26.4 Å². The molecular weight excluding hydrogens is 238 g/mol. The molecule has 1 amide bonds. The Morgan fingerprint density at radius 1 is 1.21 bits per heavy atom. The van der Waals surface area contributed by atoms with Gasteiger partial charge in [0.05, 0.1) is 0 Å². The largest absolute Gasteiger partial charge is 0.399 e. The maximum Gasteiger partial charge on any atom is 0.223 e. The van der Waals surface area contributed by atoms with E-state index in [1.165, 1.54) is 5.56 Å². The summed E-state index contributed by atoms with van der Waals surface area (Å²) in [5.74, 6) is 0.169. The number of amides is 1. The number of nitrogen functional groups attached to an aromatic ring is 1. The van der Waals surface area contributed by atoms with E-state index < -0.39 is 0 Å². The van der Waals surface area contributed by atoms with Crippen molar-refractivity contribution >= 4 is 11.6 Å². The summed E-state index contributed by atoms with van der Waals surface area (Å²) in [7, 11) is 3.59. The molecule has 0 fully saturated rings. The lowest BCUT2D eigenvalue weighted by Crippen LogP contribution is -2.34. The van der Waals surface area contributed by atoms with Gasteiger partial charge in [-0.3, -0.25) is 9.69 Å². The molecule has 0 aliphatic heterocycles. The highest BCUT2D eigenvalue weighted by atomic mass is 16.2. The van der Waals surface area contributed by atoms with Crippen LogP contribution in [-0.2, 0) is 11.3 Å². The lowest BCUT2D eigenvalue weighted by molar-refractivity contribution is -0.129. The zero-order valence-electron chi connectivity index (χ0n) is 12.4. The zero-order chi connectivity index (χ0) is 14.4. The maximum absolute atomic E-state index is 11.6. The van der Waals surface area contributed by atoms with Crippen LogP contribution in [-0.4, -0.2) is 42.4 Å². The molecule has 1 aromatic rings. The topological polar surface area (TPSA) is 49.6 Å². The second-order valence-corrected chi connectivity index (χ2v) is 5.34. The molecule has 0 spiro atoms. The molecule has 0 unspecified atom stereocenters. The minimum Gasteiger partial charge on any atom is -0.399 e. The maximum atomic E-state index is 11.6. The fourth-order valence-electron chi connectivity index (χ4n) is 1.84. The summed E-state index contributed by atoms with van der Waals surface area (Å²) < 4.78 is 0. The molecule has 0 aromatic heterocycles. The van der Waals surface area contributed by atoms with Crippen LogP contribution in [0.4, 0.5) is 5.69 Å². The van der Waals surface area contributed by atoms with Gasteiger partial charge in [0, 0.05) is 45.3 Å².